The summed E-state index contributed by atoms with van der Waals surface area (Å²) in [6, 6.07) is 5.37. The molecular formula is C22H26ClNO3S. The number of rotatable bonds is 6. The highest BCUT2D eigenvalue weighted by molar-refractivity contribution is 7.14. The fourth-order valence-corrected chi connectivity index (χ4v) is 5.93. The summed E-state index contributed by atoms with van der Waals surface area (Å²) in [6.07, 6.45) is 0.487. The highest BCUT2D eigenvalue weighted by Crippen LogP contribution is 2.71. The Hall–Kier alpha value is -1.56. The summed E-state index contributed by atoms with van der Waals surface area (Å²) >= 11 is 7.96. The van der Waals surface area contributed by atoms with E-state index in [1.165, 1.54) is 16.0 Å². The van der Waals surface area contributed by atoms with Gasteiger partial charge in [-0.15, -0.1) is 11.3 Å². The first-order chi connectivity index (χ1) is 13.2. The van der Waals surface area contributed by atoms with Crippen molar-refractivity contribution < 1.29 is 14.6 Å². The molecule has 28 heavy (non-hydrogen) atoms. The number of carbonyl (C=O) groups is 1. The van der Waals surface area contributed by atoms with E-state index in [1.54, 1.807) is 30.4 Å². The van der Waals surface area contributed by atoms with E-state index in [9.17, 15) is 9.90 Å². The number of amides is 1. The number of hydrogen-bond acceptors (Lipinski definition) is 4. The Morgan fingerprint density at radius 1 is 1.46 bits per heavy atom. The third-order valence-electron chi connectivity index (χ3n) is 6.18. The van der Waals surface area contributed by atoms with Gasteiger partial charge in [-0.25, -0.2) is 0 Å². The molecule has 1 amide bonds. The van der Waals surface area contributed by atoms with Gasteiger partial charge in [0.2, 0.25) is 0 Å². The molecule has 3 atom stereocenters. The van der Waals surface area contributed by atoms with Crippen molar-refractivity contribution in [3.05, 3.63) is 49.7 Å². The lowest BCUT2D eigenvalue weighted by atomic mass is 9.95. The summed E-state index contributed by atoms with van der Waals surface area (Å²) in [5, 5.41) is 12.9. The minimum Gasteiger partial charge on any atom is -0.491 e. The lowest BCUT2D eigenvalue weighted by molar-refractivity contribution is 0.0954. The molecule has 0 unspecified atom stereocenters. The van der Waals surface area contributed by atoms with Crippen LogP contribution in [0.5, 0.6) is 5.75 Å². The molecule has 4 rings (SSSR count). The average molecular weight is 420 g/mol. The van der Waals surface area contributed by atoms with Gasteiger partial charge in [-0.05, 0) is 66.3 Å². The maximum absolute atomic E-state index is 12.8. The van der Waals surface area contributed by atoms with Gasteiger partial charge in [-0.1, -0.05) is 31.5 Å². The molecule has 1 aromatic carbocycles. The Bertz CT molecular complexity index is 934. The van der Waals surface area contributed by atoms with Crippen molar-refractivity contribution in [1.82, 2.24) is 5.32 Å². The second-order valence-electron chi connectivity index (χ2n) is 8.59. The van der Waals surface area contributed by atoms with Crippen molar-refractivity contribution in [2.45, 2.75) is 52.7 Å². The standard InChI is InChI=1S/C22H26ClNO3S/c1-11(25)10-27-14-6-5-13(17(23)7-14)9-24-21(26)20-15-8-16-19(22(16,3)4)18(15)12(2)28-20/h5-7,11,16,19,25H,8-10H2,1-4H3,(H,24,26)/t11-,16-,19-/m1/s1. The van der Waals surface area contributed by atoms with Crippen LogP contribution >= 0.6 is 22.9 Å². The Morgan fingerprint density at radius 2 is 2.21 bits per heavy atom. The fraction of sp³-hybridized carbons (Fsp3) is 0.500. The lowest BCUT2D eigenvalue weighted by Gasteiger charge is -2.12. The largest absolute Gasteiger partial charge is 0.491 e. The van der Waals surface area contributed by atoms with Crippen LogP contribution in [0.2, 0.25) is 5.02 Å². The highest BCUT2D eigenvalue weighted by atomic mass is 35.5. The number of nitrogens with one attached hydrogen (secondary N) is 1. The summed E-state index contributed by atoms with van der Waals surface area (Å²) in [7, 11) is 0. The molecule has 0 radical (unpaired) electrons. The van der Waals surface area contributed by atoms with Gasteiger partial charge in [0.25, 0.3) is 5.91 Å². The Labute approximate surface area is 174 Å². The van der Waals surface area contributed by atoms with Crippen LogP contribution < -0.4 is 10.1 Å². The predicted molar refractivity (Wildman–Crippen MR) is 113 cm³/mol. The summed E-state index contributed by atoms with van der Waals surface area (Å²) in [5.74, 6) is 1.91. The zero-order chi connectivity index (χ0) is 20.2. The van der Waals surface area contributed by atoms with Crippen LogP contribution in [0, 0.1) is 18.3 Å². The van der Waals surface area contributed by atoms with E-state index in [2.05, 4.69) is 26.1 Å². The van der Waals surface area contributed by atoms with Crippen molar-refractivity contribution >= 4 is 28.8 Å². The summed E-state index contributed by atoms with van der Waals surface area (Å²) < 4.78 is 5.46. The molecule has 0 saturated heterocycles. The molecule has 0 spiro atoms. The van der Waals surface area contributed by atoms with E-state index in [1.807, 2.05) is 6.07 Å². The molecule has 1 heterocycles. The number of ether oxygens (including phenoxy) is 1. The van der Waals surface area contributed by atoms with Crippen molar-refractivity contribution in [1.29, 1.82) is 0 Å². The molecular weight excluding hydrogens is 394 g/mol. The van der Waals surface area contributed by atoms with Crippen molar-refractivity contribution in [3.8, 4) is 5.75 Å². The van der Waals surface area contributed by atoms with E-state index in [0.717, 1.165) is 16.9 Å². The van der Waals surface area contributed by atoms with E-state index in [-0.39, 0.29) is 12.5 Å². The van der Waals surface area contributed by atoms with Crippen LogP contribution in [0.4, 0.5) is 0 Å². The second kappa shape index (κ2) is 7.05. The van der Waals surface area contributed by atoms with Crippen LogP contribution in [-0.4, -0.2) is 23.7 Å². The average Bonchev–Trinajstić information content (AvgIpc) is 2.96. The van der Waals surface area contributed by atoms with Gasteiger partial charge >= 0.3 is 0 Å². The molecule has 2 aliphatic carbocycles. The summed E-state index contributed by atoms with van der Waals surface area (Å²) in [5.41, 5.74) is 3.93. The van der Waals surface area contributed by atoms with Crippen LogP contribution in [0.1, 0.15) is 57.9 Å². The Balaban J connectivity index is 1.42. The van der Waals surface area contributed by atoms with Crippen molar-refractivity contribution in [3.63, 3.8) is 0 Å². The quantitative estimate of drug-likeness (QED) is 0.713. The van der Waals surface area contributed by atoms with E-state index >= 15 is 0 Å². The number of benzene rings is 1. The SMILES string of the molecule is Cc1sc(C(=O)NCc2ccc(OC[C@@H](C)O)cc2Cl)c2c1[C@H]1[C@@H](C2)C1(C)C. The van der Waals surface area contributed by atoms with Gasteiger partial charge in [-0.2, -0.15) is 0 Å². The predicted octanol–water partition coefficient (Wildman–Crippen LogP) is 4.70. The molecule has 2 aliphatic rings. The van der Waals surface area contributed by atoms with Gasteiger partial charge in [0.05, 0.1) is 11.0 Å². The molecule has 0 aliphatic heterocycles. The van der Waals surface area contributed by atoms with E-state index in [0.29, 0.717) is 34.6 Å². The summed E-state index contributed by atoms with van der Waals surface area (Å²) in [4.78, 5) is 15.0. The molecule has 4 nitrogen and oxygen atoms in total. The smallest absolute Gasteiger partial charge is 0.261 e. The van der Waals surface area contributed by atoms with Gasteiger partial charge in [0.15, 0.2) is 0 Å². The van der Waals surface area contributed by atoms with Crippen molar-refractivity contribution in [2.24, 2.45) is 11.3 Å². The monoisotopic (exact) mass is 419 g/mol. The molecule has 1 fully saturated rings. The second-order valence-corrected chi connectivity index (χ2v) is 10.2. The zero-order valence-corrected chi connectivity index (χ0v) is 18.2. The molecule has 2 N–H and O–H groups in total. The maximum atomic E-state index is 12.8. The number of aryl methyl sites for hydroxylation is 1. The molecule has 6 heteroatoms. The first kappa shape index (κ1) is 19.7. The molecule has 150 valence electrons. The number of aliphatic hydroxyl groups is 1. The number of hydrogen-bond donors (Lipinski definition) is 2. The number of fused-ring (bicyclic) bond motifs is 3. The maximum Gasteiger partial charge on any atom is 0.261 e. The molecule has 0 bridgehead atoms. The number of aliphatic hydroxyl groups excluding tert-OH is 1. The number of carbonyl (C=O) groups excluding carboxylic acids is 1. The van der Waals surface area contributed by atoms with Crippen LogP contribution in [-0.2, 0) is 13.0 Å². The molecule has 1 aromatic heterocycles. The summed E-state index contributed by atoms with van der Waals surface area (Å²) in [6.45, 7) is 9.06. The molecule has 1 saturated carbocycles. The topological polar surface area (TPSA) is 58.6 Å². The van der Waals surface area contributed by atoms with Gasteiger partial charge in [0, 0.05) is 16.4 Å². The van der Waals surface area contributed by atoms with E-state index in [4.69, 9.17) is 16.3 Å². The van der Waals surface area contributed by atoms with E-state index < -0.39 is 6.10 Å². The Kier molecular flexibility index (Phi) is 4.97. The van der Waals surface area contributed by atoms with Crippen LogP contribution in [0.3, 0.4) is 0 Å². The van der Waals surface area contributed by atoms with Crippen molar-refractivity contribution in [2.75, 3.05) is 6.61 Å². The minimum absolute atomic E-state index is 0.0149. The van der Waals surface area contributed by atoms with Crippen LogP contribution in [0.25, 0.3) is 0 Å². The van der Waals surface area contributed by atoms with Gasteiger partial charge in [0.1, 0.15) is 12.4 Å². The number of thiophene rings is 1. The molecule has 2 aromatic rings. The zero-order valence-electron chi connectivity index (χ0n) is 16.6. The Morgan fingerprint density at radius 3 is 2.89 bits per heavy atom. The third kappa shape index (κ3) is 3.34. The highest BCUT2D eigenvalue weighted by Gasteiger charge is 2.63. The van der Waals surface area contributed by atoms with Gasteiger partial charge < -0.3 is 15.2 Å². The minimum atomic E-state index is -0.537. The normalized spacial score (nSPS) is 22.4. The van der Waals surface area contributed by atoms with Gasteiger partial charge in [-0.3, -0.25) is 4.79 Å². The first-order valence-corrected chi connectivity index (χ1v) is 10.9. The third-order valence-corrected chi connectivity index (χ3v) is 7.69. The lowest BCUT2D eigenvalue weighted by Crippen LogP contribution is -2.23. The number of halogens is 1. The van der Waals surface area contributed by atoms with Crippen LogP contribution in [0.15, 0.2) is 18.2 Å². The fourth-order valence-electron chi connectivity index (χ4n) is 4.55. The first-order valence-electron chi connectivity index (χ1n) is 9.69.